The smallest absolute Gasteiger partial charge is 0.241 e. The van der Waals surface area contributed by atoms with Gasteiger partial charge in [0.2, 0.25) is 5.91 Å². The van der Waals surface area contributed by atoms with Crippen molar-refractivity contribution in [1.82, 2.24) is 14.9 Å². The maximum atomic E-state index is 11.4. The van der Waals surface area contributed by atoms with Crippen LogP contribution in [0.5, 0.6) is 0 Å². The van der Waals surface area contributed by atoms with E-state index in [9.17, 15) is 4.79 Å². The van der Waals surface area contributed by atoms with Gasteiger partial charge in [0.15, 0.2) is 0 Å². The summed E-state index contributed by atoms with van der Waals surface area (Å²) >= 11 is 5.89. The van der Waals surface area contributed by atoms with Gasteiger partial charge in [0.05, 0.1) is 6.54 Å². The third-order valence-electron chi connectivity index (χ3n) is 2.15. The Morgan fingerprint density at radius 3 is 2.65 bits per heavy atom. The van der Waals surface area contributed by atoms with Crippen molar-refractivity contribution in [3.05, 3.63) is 17.0 Å². The Hall–Kier alpha value is -1.36. The van der Waals surface area contributed by atoms with Crippen molar-refractivity contribution in [3.8, 4) is 0 Å². The Kier molecular flexibility index (Phi) is 4.69. The van der Waals surface area contributed by atoms with Crippen LogP contribution in [0.15, 0.2) is 6.07 Å². The summed E-state index contributed by atoms with van der Waals surface area (Å²) in [7, 11) is 3.41. The lowest BCUT2D eigenvalue weighted by atomic mass is 10.2. The van der Waals surface area contributed by atoms with Crippen molar-refractivity contribution in [2.24, 2.45) is 0 Å². The Morgan fingerprint density at radius 2 is 2.12 bits per heavy atom. The van der Waals surface area contributed by atoms with Gasteiger partial charge in [0.25, 0.3) is 0 Å². The van der Waals surface area contributed by atoms with Crippen LogP contribution in [-0.2, 0) is 4.79 Å². The first-order chi connectivity index (χ1) is 7.90. The minimum atomic E-state index is -0.0224. The molecule has 0 fully saturated rings. The van der Waals surface area contributed by atoms with Crippen molar-refractivity contribution in [3.63, 3.8) is 0 Å². The van der Waals surface area contributed by atoms with Crippen LogP contribution in [0, 0.1) is 0 Å². The van der Waals surface area contributed by atoms with E-state index in [4.69, 9.17) is 11.6 Å². The van der Waals surface area contributed by atoms with E-state index in [0.717, 1.165) is 0 Å². The number of amides is 1. The van der Waals surface area contributed by atoms with Gasteiger partial charge in [-0.05, 0) is 0 Å². The fraction of sp³-hybridized carbons (Fsp3) is 0.545. The molecular weight excluding hydrogens is 240 g/mol. The highest BCUT2D eigenvalue weighted by molar-refractivity contribution is 6.29. The van der Waals surface area contributed by atoms with Gasteiger partial charge in [-0.2, -0.15) is 0 Å². The van der Waals surface area contributed by atoms with Crippen molar-refractivity contribution < 1.29 is 4.79 Å². The first kappa shape index (κ1) is 13.7. The number of carbonyl (C=O) groups excluding carboxylic acids is 1. The van der Waals surface area contributed by atoms with Gasteiger partial charge >= 0.3 is 0 Å². The third kappa shape index (κ3) is 4.19. The van der Waals surface area contributed by atoms with Crippen LogP contribution < -0.4 is 5.32 Å². The SMILES string of the molecule is CC(C)c1nc(Cl)cc(NCC(=O)N(C)C)n1. The fourth-order valence-corrected chi connectivity index (χ4v) is 1.30. The number of aromatic nitrogens is 2. The van der Waals surface area contributed by atoms with E-state index in [1.165, 1.54) is 4.90 Å². The second-order valence-corrected chi connectivity index (χ2v) is 4.62. The van der Waals surface area contributed by atoms with Crippen LogP contribution in [0.3, 0.4) is 0 Å². The van der Waals surface area contributed by atoms with Crippen LogP contribution >= 0.6 is 11.6 Å². The normalized spacial score (nSPS) is 10.5. The largest absolute Gasteiger partial charge is 0.361 e. The number of anilines is 1. The minimum absolute atomic E-state index is 0.0224. The molecule has 1 aromatic rings. The van der Waals surface area contributed by atoms with Gasteiger partial charge in [-0.25, -0.2) is 9.97 Å². The first-order valence-electron chi connectivity index (χ1n) is 5.38. The topological polar surface area (TPSA) is 58.1 Å². The zero-order valence-corrected chi connectivity index (χ0v) is 11.2. The Labute approximate surface area is 106 Å². The standard InChI is InChI=1S/C11H17ClN4O/c1-7(2)11-14-8(12)5-9(15-11)13-6-10(17)16(3)4/h5,7H,6H2,1-4H3,(H,13,14,15). The maximum Gasteiger partial charge on any atom is 0.241 e. The van der Waals surface area contributed by atoms with Crippen molar-refractivity contribution in [2.75, 3.05) is 26.0 Å². The van der Waals surface area contributed by atoms with Crippen molar-refractivity contribution in [2.45, 2.75) is 19.8 Å². The summed E-state index contributed by atoms with van der Waals surface area (Å²) in [5.41, 5.74) is 0. The highest BCUT2D eigenvalue weighted by Gasteiger charge is 2.08. The first-order valence-corrected chi connectivity index (χ1v) is 5.76. The summed E-state index contributed by atoms with van der Waals surface area (Å²) in [6.45, 7) is 4.17. The number of hydrogen-bond donors (Lipinski definition) is 1. The molecule has 0 atom stereocenters. The zero-order valence-electron chi connectivity index (χ0n) is 10.5. The molecular formula is C11H17ClN4O. The Bertz CT molecular complexity index is 406. The molecule has 17 heavy (non-hydrogen) atoms. The molecule has 0 spiro atoms. The summed E-state index contributed by atoms with van der Waals surface area (Å²) in [4.78, 5) is 21.3. The number of carbonyl (C=O) groups is 1. The van der Waals surface area contributed by atoms with Gasteiger partial charge in [-0.3, -0.25) is 4.79 Å². The summed E-state index contributed by atoms with van der Waals surface area (Å²) in [6, 6.07) is 1.61. The van der Waals surface area contributed by atoms with Gasteiger partial charge < -0.3 is 10.2 Å². The molecule has 0 aliphatic rings. The molecule has 0 bridgehead atoms. The second kappa shape index (κ2) is 5.82. The fourth-order valence-electron chi connectivity index (χ4n) is 1.11. The molecule has 0 aliphatic carbocycles. The molecule has 1 heterocycles. The summed E-state index contributed by atoms with van der Waals surface area (Å²) in [6.07, 6.45) is 0. The Morgan fingerprint density at radius 1 is 1.47 bits per heavy atom. The third-order valence-corrected chi connectivity index (χ3v) is 2.34. The molecule has 0 saturated heterocycles. The number of nitrogens with zero attached hydrogens (tertiary/aromatic N) is 3. The molecule has 6 heteroatoms. The molecule has 0 saturated carbocycles. The Balaban J connectivity index is 2.74. The van der Waals surface area contributed by atoms with Crippen LogP contribution in [0.1, 0.15) is 25.6 Å². The lowest BCUT2D eigenvalue weighted by Crippen LogP contribution is -2.28. The highest BCUT2D eigenvalue weighted by Crippen LogP contribution is 2.16. The monoisotopic (exact) mass is 256 g/mol. The van der Waals surface area contributed by atoms with Crippen molar-refractivity contribution >= 4 is 23.3 Å². The lowest BCUT2D eigenvalue weighted by Gasteiger charge is -2.12. The van der Waals surface area contributed by atoms with Gasteiger partial charge in [-0.1, -0.05) is 25.4 Å². The van der Waals surface area contributed by atoms with Crippen LogP contribution in [-0.4, -0.2) is 41.4 Å². The molecule has 5 nitrogen and oxygen atoms in total. The van der Waals surface area contributed by atoms with Crippen LogP contribution in [0.25, 0.3) is 0 Å². The molecule has 0 radical (unpaired) electrons. The second-order valence-electron chi connectivity index (χ2n) is 4.23. The molecule has 1 amide bonds. The van der Waals surface area contributed by atoms with Crippen molar-refractivity contribution in [1.29, 1.82) is 0 Å². The quantitative estimate of drug-likeness (QED) is 0.834. The van der Waals surface area contributed by atoms with Crippen LogP contribution in [0.4, 0.5) is 5.82 Å². The van der Waals surface area contributed by atoms with E-state index in [2.05, 4.69) is 15.3 Å². The number of likely N-dealkylation sites (N-methyl/N-ethyl adjacent to an activating group) is 1. The zero-order chi connectivity index (χ0) is 13.0. The molecule has 0 unspecified atom stereocenters. The number of halogens is 1. The predicted molar refractivity (Wildman–Crippen MR) is 68.3 cm³/mol. The van der Waals surface area contributed by atoms with E-state index < -0.39 is 0 Å². The van der Waals surface area contributed by atoms with Gasteiger partial charge in [0, 0.05) is 26.1 Å². The average Bonchev–Trinajstić information content (AvgIpc) is 2.24. The summed E-state index contributed by atoms with van der Waals surface area (Å²) in [5.74, 6) is 1.41. The van der Waals surface area contributed by atoms with Gasteiger partial charge in [-0.15, -0.1) is 0 Å². The van der Waals surface area contributed by atoms with E-state index in [0.29, 0.717) is 16.8 Å². The summed E-state index contributed by atoms with van der Waals surface area (Å²) in [5, 5.41) is 3.31. The van der Waals surface area contributed by atoms with Crippen LogP contribution in [0.2, 0.25) is 5.15 Å². The van der Waals surface area contributed by atoms with E-state index in [-0.39, 0.29) is 18.4 Å². The van der Waals surface area contributed by atoms with Gasteiger partial charge in [0.1, 0.15) is 16.8 Å². The average molecular weight is 257 g/mol. The number of hydrogen-bond acceptors (Lipinski definition) is 4. The lowest BCUT2D eigenvalue weighted by molar-refractivity contribution is -0.126. The molecule has 94 valence electrons. The van der Waals surface area contributed by atoms with E-state index >= 15 is 0 Å². The molecule has 0 aliphatic heterocycles. The molecule has 0 aromatic carbocycles. The number of rotatable bonds is 4. The maximum absolute atomic E-state index is 11.4. The molecule has 1 rings (SSSR count). The molecule has 1 aromatic heterocycles. The number of nitrogens with one attached hydrogen (secondary N) is 1. The van der Waals surface area contributed by atoms with E-state index in [1.807, 2.05) is 13.8 Å². The highest BCUT2D eigenvalue weighted by atomic mass is 35.5. The summed E-state index contributed by atoms with van der Waals surface area (Å²) < 4.78 is 0. The predicted octanol–water partition coefficient (Wildman–Crippen LogP) is 1.75. The van der Waals surface area contributed by atoms with E-state index in [1.54, 1.807) is 20.2 Å². The minimum Gasteiger partial charge on any atom is -0.361 e. The molecule has 1 N–H and O–H groups in total.